The molecule has 1 fully saturated rings. The molecule has 0 bridgehead atoms. The highest BCUT2D eigenvalue weighted by atomic mass is 16.5. The molecule has 0 aliphatic carbocycles. The Morgan fingerprint density at radius 2 is 1.71 bits per heavy atom. The first-order valence-corrected chi connectivity index (χ1v) is 11.1. The number of hydrogen-bond acceptors (Lipinski definition) is 7. The van der Waals surface area contributed by atoms with E-state index in [2.05, 4.69) is 10.2 Å². The highest BCUT2D eigenvalue weighted by Crippen LogP contribution is 2.29. The number of piperazine rings is 1. The highest BCUT2D eigenvalue weighted by Gasteiger charge is 2.20. The van der Waals surface area contributed by atoms with Gasteiger partial charge in [-0.1, -0.05) is 6.92 Å². The third kappa shape index (κ3) is 4.68. The van der Waals surface area contributed by atoms with Crippen LogP contribution in [-0.4, -0.2) is 57.1 Å². The van der Waals surface area contributed by atoms with Gasteiger partial charge in [-0.15, -0.1) is 0 Å². The second-order valence-electron chi connectivity index (χ2n) is 7.90. The third-order valence-electron chi connectivity index (χ3n) is 5.87. The summed E-state index contributed by atoms with van der Waals surface area (Å²) in [5.74, 6) is 0.273. The summed E-state index contributed by atoms with van der Waals surface area (Å²) in [7, 11) is 2.94. The number of ether oxygens (including phenoxy) is 2. The van der Waals surface area contributed by atoms with E-state index in [0.717, 1.165) is 24.8 Å². The quantitative estimate of drug-likeness (QED) is 0.597. The summed E-state index contributed by atoms with van der Waals surface area (Å²) < 4.78 is 16.2. The van der Waals surface area contributed by atoms with E-state index in [0.29, 0.717) is 36.7 Å². The molecule has 0 unspecified atom stereocenters. The van der Waals surface area contributed by atoms with Crippen LogP contribution < -0.4 is 25.1 Å². The fourth-order valence-corrected chi connectivity index (χ4v) is 4.01. The number of methoxy groups -OCH3 is 2. The van der Waals surface area contributed by atoms with Crippen molar-refractivity contribution in [3.05, 3.63) is 58.4 Å². The molecule has 0 spiro atoms. The third-order valence-corrected chi connectivity index (χ3v) is 5.87. The zero-order valence-electron chi connectivity index (χ0n) is 19.4. The van der Waals surface area contributed by atoms with Crippen LogP contribution in [0.4, 0.5) is 11.4 Å². The van der Waals surface area contributed by atoms with Crippen molar-refractivity contribution >= 4 is 34.2 Å². The summed E-state index contributed by atoms with van der Waals surface area (Å²) in [4.78, 5) is 41.4. The molecule has 1 aliphatic rings. The first-order valence-electron chi connectivity index (χ1n) is 11.1. The average Bonchev–Trinajstić information content (AvgIpc) is 2.87. The number of nitrogens with zero attached hydrogens (tertiary/aromatic N) is 2. The standard InChI is InChI=1S/C25H27N3O6/c1-4-23(30)28-11-9-27(10-12-28)17-7-5-16(6-8-17)26-25(31)22-15-19(29)24-20(33-3)13-18(32-2)14-21(24)34-22/h5-8,13-15H,4,9-12H2,1-3H3,(H,26,31). The van der Waals surface area contributed by atoms with E-state index in [4.69, 9.17) is 13.9 Å². The molecule has 0 atom stereocenters. The molecule has 4 rings (SSSR count). The predicted octanol–water partition coefficient (Wildman–Crippen LogP) is 3.12. The van der Waals surface area contributed by atoms with E-state index in [1.807, 2.05) is 24.0 Å². The van der Waals surface area contributed by atoms with Gasteiger partial charge in [0.05, 0.1) is 14.2 Å². The molecule has 2 heterocycles. The maximum Gasteiger partial charge on any atom is 0.291 e. The van der Waals surface area contributed by atoms with Gasteiger partial charge in [-0.3, -0.25) is 14.4 Å². The maximum atomic E-state index is 12.8. The van der Waals surface area contributed by atoms with Crippen LogP contribution in [0.15, 0.2) is 51.7 Å². The van der Waals surface area contributed by atoms with Gasteiger partial charge >= 0.3 is 0 Å². The molecule has 3 aromatic rings. The van der Waals surface area contributed by atoms with Crippen molar-refractivity contribution < 1.29 is 23.5 Å². The number of carbonyl (C=O) groups is 2. The molecule has 0 radical (unpaired) electrons. The van der Waals surface area contributed by atoms with Crippen LogP contribution in [0.25, 0.3) is 11.0 Å². The Labute approximate surface area is 196 Å². The first kappa shape index (κ1) is 23.2. The Balaban J connectivity index is 1.48. The molecule has 178 valence electrons. The number of carbonyl (C=O) groups excluding carboxylic acids is 2. The number of rotatable bonds is 6. The molecule has 1 N–H and O–H groups in total. The Kier molecular flexibility index (Phi) is 6.72. The number of hydrogen-bond donors (Lipinski definition) is 1. The van der Waals surface area contributed by atoms with Crippen molar-refractivity contribution in [2.45, 2.75) is 13.3 Å². The Morgan fingerprint density at radius 3 is 2.32 bits per heavy atom. The van der Waals surface area contributed by atoms with Crippen LogP contribution in [0.3, 0.4) is 0 Å². The minimum absolute atomic E-state index is 0.117. The topological polar surface area (TPSA) is 101 Å². The zero-order valence-corrected chi connectivity index (χ0v) is 19.4. The van der Waals surface area contributed by atoms with Crippen LogP contribution in [0.2, 0.25) is 0 Å². The van der Waals surface area contributed by atoms with Crippen molar-refractivity contribution in [1.82, 2.24) is 4.90 Å². The van der Waals surface area contributed by atoms with Gasteiger partial charge in [0.15, 0.2) is 11.2 Å². The van der Waals surface area contributed by atoms with Crippen LogP contribution in [0, 0.1) is 0 Å². The summed E-state index contributed by atoms with van der Waals surface area (Å²) >= 11 is 0. The molecular formula is C25H27N3O6. The monoisotopic (exact) mass is 465 g/mol. The van der Waals surface area contributed by atoms with Crippen molar-refractivity contribution in [3.63, 3.8) is 0 Å². The number of anilines is 2. The molecule has 1 aliphatic heterocycles. The Bertz CT molecular complexity index is 1260. The van der Waals surface area contributed by atoms with Crippen LogP contribution in [-0.2, 0) is 4.79 Å². The predicted molar refractivity (Wildman–Crippen MR) is 129 cm³/mol. The lowest BCUT2D eigenvalue weighted by Crippen LogP contribution is -2.48. The van der Waals surface area contributed by atoms with Gasteiger partial charge in [-0.25, -0.2) is 0 Å². The molecule has 34 heavy (non-hydrogen) atoms. The fourth-order valence-electron chi connectivity index (χ4n) is 4.01. The second kappa shape index (κ2) is 9.86. The van der Waals surface area contributed by atoms with E-state index in [-0.39, 0.29) is 28.1 Å². The molecular weight excluding hydrogens is 438 g/mol. The van der Waals surface area contributed by atoms with Crippen LogP contribution in [0.5, 0.6) is 11.5 Å². The summed E-state index contributed by atoms with van der Waals surface area (Å²) in [6.07, 6.45) is 0.521. The zero-order chi connectivity index (χ0) is 24.2. The van der Waals surface area contributed by atoms with E-state index >= 15 is 0 Å². The minimum atomic E-state index is -0.541. The average molecular weight is 466 g/mol. The largest absolute Gasteiger partial charge is 0.496 e. The number of nitrogens with one attached hydrogen (secondary N) is 1. The fraction of sp³-hybridized carbons (Fsp3) is 0.320. The maximum absolute atomic E-state index is 12.8. The van der Waals surface area contributed by atoms with Crippen molar-refractivity contribution in [1.29, 1.82) is 0 Å². The lowest BCUT2D eigenvalue weighted by Gasteiger charge is -2.36. The summed E-state index contributed by atoms with van der Waals surface area (Å²) in [5, 5.41) is 3.00. The van der Waals surface area contributed by atoms with E-state index in [1.54, 1.807) is 24.3 Å². The van der Waals surface area contributed by atoms with Gasteiger partial charge < -0.3 is 29.0 Å². The molecule has 1 aromatic heterocycles. The summed E-state index contributed by atoms with van der Waals surface area (Å²) in [5.41, 5.74) is 1.39. The molecule has 0 saturated carbocycles. The van der Waals surface area contributed by atoms with Crippen molar-refractivity contribution in [3.8, 4) is 11.5 Å². The Morgan fingerprint density at radius 1 is 1.00 bits per heavy atom. The second-order valence-corrected chi connectivity index (χ2v) is 7.90. The lowest BCUT2D eigenvalue weighted by atomic mass is 10.2. The van der Waals surface area contributed by atoms with Crippen molar-refractivity contribution in [2.75, 3.05) is 50.6 Å². The van der Waals surface area contributed by atoms with Crippen LogP contribution >= 0.6 is 0 Å². The van der Waals surface area contributed by atoms with Crippen LogP contribution in [0.1, 0.15) is 23.9 Å². The molecule has 2 aromatic carbocycles. The molecule has 2 amide bonds. The van der Waals surface area contributed by atoms with Crippen molar-refractivity contribution in [2.24, 2.45) is 0 Å². The highest BCUT2D eigenvalue weighted by molar-refractivity contribution is 6.03. The van der Waals surface area contributed by atoms with E-state index < -0.39 is 5.91 Å². The SMILES string of the molecule is CCC(=O)N1CCN(c2ccc(NC(=O)c3cc(=O)c4c(OC)cc(OC)cc4o3)cc2)CC1. The number of benzene rings is 2. The van der Waals surface area contributed by atoms with E-state index in [1.165, 1.54) is 14.2 Å². The van der Waals surface area contributed by atoms with Gasteiger partial charge in [-0.2, -0.15) is 0 Å². The van der Waals surface area contributed by atoms with Gasteiger partial charge in [0.25, 0.3) is 5.91 Å². The molecule has 9 heteroatoms. The number of amides is 2. The first-order chi connectivity index (χ1) is 16.4. The minimum Gasteiger partial charge on any atom is -0.496 e. The molecule has 9 nitrogen and oxygen atoms in total. The smallest absolute Gasteiger partial charge is 0.291 e. The van der Waals surface area contributed by atoms with Gasteiger partial charge in [0, 0.05) is 62.2 Å². The number of fused-ring (bicyclic) bond motifs is 1. The molecule has 1 saturated heterocycles. The van der Waals surface area contributed by atoms with Gasteiger partial charge in [0.1, 0.15) is 22.5 Å². The lowest BCUT2D eigenvalue weighted by molar-refractivity contribution is -0.131. The van der Waals surface area contributed by atoms with Gasteiger partial charge in [-0.05, 0) is 24.3 Å². The summed E-state index contributed by atoms with van der Waals surface area (Å²) in [6, 6.07) is 11.7. The Hall–Kier alpha value is -4.01. The summed E-state index contributed by atoms with van der Waals surface area (Å²) in [6.45, 7) is 4.78. The van der Waals surface area contributed by atoms with Gasteiger partial charge in [0.2, 0.25) is 5.91 Å². The van der Waals surface area contributed by atoms with E-state index in [9.17, 15) is 14.4 Å². The normalized spacial score (nSPS) is 13.6.